The summed E-state index contributed by atoms with van der Waals surface area (Å²) in [6.45, 7) is 1.52. The van der Waals surface area contributed by atoms with E-state index in [2.05, 4.69) is 5.32 Å². The Morgan fingerprint density at radius 1 is 1.23 bits per heavy atom. The number of hydrogen-bond donors (Lipinski definition) is 1. The molecule has 2 aromatic rings. The highest BCUT2D eigenvalue weighted by molar-refractivity contribution is 5.95. The number of rotatable bonds is 10. The predicted octanol–water partition coefficient (Wildman–Crippen LogP) is 3.00. The standard InChI is InChI=1S/C20H22FN3O6/c1-3-10-23(12-19(25)22-16-6-4-5-7-18(16)29-2)20(26)13-30-14-8-9-17(24(27)28)15(21)11-14/h4-9,11H,3,10,12-13H2,1-2H3,(H,22,25). The molecular formula is C20H22FN3O6. The molecule has 0 heterocycles. The van der Waals surface area contributed by atoms with E-state index in [4.69, 9.17) is 9.47 Å². The first-order valence-electron chi connectivity index (χ1n) is 9.13. The van der Waals surface area contributed by atoms with E-state index in [1.807, 2.05) is 6.92 Å². The number of ether oxygens (including phenoxy) is 2. The first-order chi connectivity index (χ1) is 14.3. The van der Waals surface area contributed by atoms with E-state index in [-0.39, 0.29) is 12.3 Å². The summed E-state index contributed by atoms with van der Waals surface area (Å²) in [6.07, 6.45) is 0.611. The lowest BCUT2D eigenvalue weighted by Gasteiger charge is -2.22. The maximum atomic E-state index is 13.7. The third-order valence-corrected chi connectivity index (χ3v) is 4.04. The van der Waals surface area contributed by atoms with Crippen LogP contribution in [-0.2, 0) is 9.59 Å². The molecule has 1 N–H and O–H groups in total. The van der Waals surface area contributed by atoms with Crippen LogP contribution in [0.3, 0.4) is 0 Å². The molecule has 0 unspecified atom stereocenters. The van der Waals surface area contributed by atoms with Crippen LogP contribution in [0.1, 0.15) is 13.3 Å². The van der Waals surface area contributed by atoms with Gasteiger partial charge in [-0.1, -0.05) is 19.1 Å². The van der Waals surface area contributed by atoms with Crippen LogP contribution in [-0.4, -0.2) is 48.4 Å². The second-order valence-electron chi connectivity index (χ2n) is 6.22. The van der Waals surface area contributed by atoms with Gasteiger partial charge < -0.3 is 19.7 Å². The number of nitrogens with one attached hydrogen (secondary N) is 1. The molecular weight excluding hydrogens is 397 g/mol. The highest BCUT2D eigenvalue weighted by Gasteiger charge is 2.19. The molecule has 10 heteroatoms. The highest BCUT2D eigenvalue weighted by Crippen LogP contribution is 2.23. The molecule has 0 aliphatic rings. The van der Waals surface area contributed by atoms with Crippen molar-refractivity contribution in [3.8, 4) is 11.5 Å². The fourth-order valence-electron chi connectivity index (χ4n) is 2.63. The van der Waals surface area contributed by atoms with Gasteiger partial charge in [-0.05, 0) is 24.6 Å². The Morgan fingerprint density at radius 3 is 2.60 bits per heavy atom. The predicted molar refractivity (Wildman–Crippen MR) is 107 cm³/mol. The van der Waals surface area contributed by atoms with Crippen molar-refractivity contribution < 1.29 is 28.4 Å². The number of halogens is 1. The smallest absolute Gasteiger partial charge is 0.305 e. The van der Waals surface area contributed by atoms with E-state index in [0.29, 0.717) is 24.4 Å². The number of carbonyl (C=O) groups excluding carboxylic acids is 2. The van der Waals surface area contributed by atoms with E-state index in [0.717, 1.165) is 12.1 Å². The van der Waals surface area contributed by atoms with Crippen LogP contribution in [0.2, 0.25) is 0 Å². The van der Waals surface area contributed by atoms with Gasteiger partial charge in [-0.15, -0.1) is 0 Å². The molecule has 0 radical (unpaired) electrons. The number of anilines is 1. The number of para-hydroxylation sites is 2. The van der Waals surface area contributed by atoms with Crippen molar-refractivity contribution in [1.29, 1.82) is 0 Å². The van der Waals surface area contributed by atoms with Crippen molar-refractivity contribution in [3.63, 3.8) is 0 Å². The molecule has 0 aliphatic heterocycles. The normalized spacial score (nSPS) is 10.2. The lowest BCUT2D eigenvalue weighted by Crippen LogP contribution is -2.41. The maximum Gasteiger partial charge on any atom is 0.305 e. The van der Waals surface area contributed by atoms with Gasteiger partial charge in [-0.2, -0.15) is 4.39 Å². The van der Waals surface area contributed by atoms with Crippen LogP contribution in [0.4, 0.5) is 15.8 Å². The SMILES string of the molecule is CCCN(CC(=O)Nc1ccccc1OC)C(=O)COc1ccc([N+](=O)[O-])c(F)c1. The molecule has 2 amide bonds. The van der Waals surface area contributed by atoms with Crippen LogP contribution in [0.15, 0.2) is 42.5 Å². The summed E-state index contributed by atoms with van der Waals surface area (Å²) in [5.41, 5.74) is -0.208. The van der Waals surface area contributed by atoms with Crippen LogP contribution >= 0.6 is 0 Å². The summed E-state index contributed by atoms with van der Waals surface area (Å²) in [5, 5.41) is 13.3. The van der Waals surface area contributed by atoms with E-state index in [1.54, 1.807) is 24.3 Å². The van der Waals surface area contributed by atoms with E-state index in [9.17, 15) is 24.1 Å². The molecule has 30 heavy (non-hydrogen) atoms. The Kier molecular flexibility index (Phi) is 8.09. The Morgan fingerprint density at radius 2 is 1.97 bits per heavy atom. The molecule has 0 saturated heterocycles. The lowest BCUT2D eigenvalue weighted by molar-refractivity contribution is -0.387. The number of benzene rings is 2. The number of nitrogens with zero attached hydrogens (tertiary/aromatic N) is 2. The summed E-state index contributed by atoms with van der Waals surface area (Å²) in [4.78, 5) is 36.0. The van der Waals surface area contributed by atoms with Gasteiger partial charge in [0.15, 0.2) is 6.61 Å². The first-order valence-corrected chi connectivity index (χ1v) is 9.13. The average Bonchev–Trinajstić information content (AvgIpc) is 2.71. The van der Waals surface area contributed by atoms with Crippen LogP contribution in [0.25, 0.3) is 0 Å². The average molecular weight is 419 g/mol. The number of nitro benzene ring substituents is 1. The van der Waals surface area contributed by atoms with Gasteiger partial charge in [0.1, 0.15) is 11.5 Å². The summed E-state index contributed by atoms with van der Waals surface area (Å²) < 4.78 is 24.1. The summed E-state index contributed by atoms with van der Waals surface area (Å²) in [6, 6.07) is 9.87. The molecule has 160 valence electrons. The first kappa shape index (κ1) is 22.6. The maximum absolute atomic E-state index is 13.7. The number of methoxy groups -OCH3 is 1. The number of nitro groups is 1. The molecule has 0 spiro atoms. The van der Waals surface area contributed by atoms with Gasteiger partial charge in [0.2, 0.25) is 11.7 Å². The van der Waals surface area contributed by atoms with Crippen molar-refractivity contribution in [2.24, 2.45) is 0 Å². The molecule has 0 fully saturated rings. The molecule has 0 atom stereocenters. The summed E-state index contributed by atoms with van der Waals surface area (Å²) in [5.74, 6) is -1.50. The van der Waals surface area contributed by atoms with Crippen molar-refractivity contribution in [1.82, 2.24) is 4.90 Å². The molecule has 9 nitrogen and oxygen atoms in total. The fourth-order valence-corrected chi connectivity index (χ4v) is 2.63. The van der Waals surface area contributed by atoms with E-state index < -0.39 is 34.8 Å². The zero-order chi connectivity index (χ0) is 22.1. The Hall–Kier alpha value is -3.69. The Labute approximate surface area is 172 Å². The van der Waals surface area contributed by atoms with Crippen molar-refractivity contribution >= 4 is 23.2 Å². The second kappa shape index (κ2) is 10.7. The van der Waals surface area contributed by atoms with Gasteiger partial charge >= 0.3 is 5.69 Å². The molecule has 0 saturated carbocycles. The third kappa shape index (κ3) is 6.16. The van der Waals surface area contributed by atoms with Gasteiger partial charge in [0.25, 0.3) is 5.91 Å². The van der Waals surface area contributed by atoms with Gasteiger partial charge in [-0.25, -0.2) is 0 Å². The lowest BCUT2D eigenvalue weighted by atomic mass is 10.3. The van der Waals surface area contributed by atoms with Crippen LogP contribution < -0.4 is 14.8 Å². The minimum atomic E-state index is -1.06. The van der Waals surface area contributed by atoms with Crippen LogP contribution in [0, 0.1) is 15.9 Å². The number of amides is 2. The number of hydrogen-bond acceptors (Lipinski definition) is 6. The Bertz CT molecular complexity index is 921. The number of carbonyl (C=O) groups is 2. The Balaban J connectivity index is 1.97. The van der Waals surface area contributed by atoms with Gasteiger partial charge in [0.05, 0.1) is 24.3 Å². The second-order valence-corrected chi connectivity index (χ2v) is 6.22. The molecule has 0 aromatic heterocycles. The molecule has 0 bridgehead atoms. The quantitative estimate of drug-likeness (QED) is 0.468. The largest absolute Gasteiger partial charge is 0.495 e. The fraction of sp³-hybridized carbons (Fsp3) is 0.300. The topological polar surface area (TPSA) is 111 Å². The molecule has 0 aliphatic carbocycles. The van der Waals surface area contributed by atoms with Crippen molar-refractivity contribution in [2.45, 2.75) is 13.3 Å². The minimum Gasteiger partial charge on any atom is -0.495 e. The minimum absolute atomic E-state index is 0.0265. The molecule has 2 rings (SSSR count). The van der Waals surface area contributed by atoms with Gasteiger partial charge in [0, 0.05) is 18.7 Å². The van der Waals surface area contributed by atoms with Crippen molar-refractivity contribution in [3.05, 3.63) is 58.4 Å². The molecule has 2 aromatic carbocycles. The zero-order valence-corrected chi connectivity index (χ0v) is 16.6. The monoisotopic (exact) mass is 419 g/mol. The van der Waals surface area contributed by atoms with Gasteiger partial charge in [-0.3, -0.25) is 19.7 Å². The zero-order valence-electron chi connectivity index (χ0n) is 16.6. The van der Waals surface area contributed by atoms with Crippen molar-refractivity contribution in [2.75, 3.05) is 32.1 Å². The van der Waals surface area contributed by atoms with E-state index in [1.165, 1.54) is 18.1 Å². The third-order valence-electron chi connectivity index (χ3n) is 4.04. The summed E-state index contributed by atoms with van der Waals surface area (Å²) in [7, 11) is 1.48. The highest BCUT2D eigenvalue weighted by atomic mass is 19.1. The van der Waals surface area contributed by atoms with Crippen LogP contribution in [0.5, 0.6) is 11.5 Å². The summed E-state index contributed by atoms with van der Waals surface area (Å²) >= 11 is 0. The van der Waals surface area contributed by atoms with E-state index >= 15 is 0 Å².